The summed E-state index contributed by atoms with van der Waals surface area (Å²) >= 11 is 0. The van der Waals surface area contributed by atoms with Gasteiger partial charge in [0.1, 0.15) is 24.3 Å². The molecule has 0 saturated heterocycles. The van der Waals surface area contributed by atoms with Crippen LogP contribution in [-0.4, -0.2) is 21.1 Å². The van der Waals surface area contributed by atoms with E-state index in [0.29, 0.717) is 23.3 Å². The molecule has 1 heterocycles. The highest BCUT2D eigenvalue weighted by molar-refractivity contribution is 7.86. The molecule has 1 aliphatic rings. The van der Waals surface area contributed by atoms with Crippen LogP contribution < -0.4 is 4.74 Å². The van der Waals surface area contributed by atoms with Crippen LogP contribution in [0.4, 0.5) is 4.39 Å². The van der Waals surface area contributed by atoms with E-state index in [1.165, 1.54) is 18.2 Å². The fourth-order valence-corrected chi connectivity index (χ4v) is 4.44. The molecule has 1 unspecified atom stereocenters. The van der Waals surface area contributed by atoms with E-state index < -0.39 is 16.2 Å². The monoisotopic (exact) mass is 412 g/mol. The van der Waals surface area contributed by atoms with Crippen LogP contribution in [0.15, 0.2) is 65.6 Å². The Morgan fingerprint density at radius 2 is 1.72 bits per heavy atom. The Morgan fingerprint density at radius 3 is 2.45 bits per heavy atom. The van der Waals surface area contributed by atoms with Crippen LogP contribution in [0.1, 0.15) is 16.7 Å². The molecule has 0 bridgehead atoms. The van der Waals surface area contributed by atoms with Crippen molar-refractivity contribution in [3.05, 3.63) is 83.2 Å². The molecule has 0 aliphatic carbocycles. The van der Waals surface area contributed by atoms with Crippen LogP contribution >= 0.6 is 0 Å². The van der Waals surface area contributed by atoms with Crippen LogP contribution in [0.2, 0.25) is 0 Å². The van der Waals surface area contributed by atoms with Gasteiger partial charge >= 0.3 is 0 Å². The van der Waals surface area contributed by atoms with Crippen molar-refractivity contribution in [2.45, 2.75) is 31.3 Å². The highest BCUT2D eigenvalue weighted by Crippen LogP contribution is 2.40. The molecule has 3 aromatic carbocycles. The highest BCUT2D eigenvalue weighted by atomic mass is 32.2. The molecule has 0 radical (unpaired) electrons. The maximum absolute atomic E-state index is 14.3. The molecular formula is C23H21FO4S. The summed E-state index contributed by atoms with van der Waals surface area (Å²) in [5, 5.41) is 0. The Kier molecular flexibility index (Phi) is 5.15. The molecule has 0 spiro atoms. The normalized spacial score (nSPS) is 15.8. The summed E-state index contributed by atoms with van der Waals surface area (Å²) in [4.78, 5) is 0.113. The van der Waals surface area contributed by atoms with E-state index in [1.54, 1.807) is 30.3 Å². The third-order valence-electron chi connectivity index (χ3n) is 4.93. The summed E-state index contributed by atoms with van der Waals surface area (Å²) in [6.07, 6.45) is 0.0413. The number of rotatable bonds is 5. The van der Waals surface area contributed by atoms with E-state index in [-0.39, 0.29) is 17.3 Å². The molecule has 0 fully saturated rings. The van der Waals surface area contributed by atoms with Crippen LogP contribution in [0.5, 0.6) is 5.75 Å². The van der Waals surface area contributed by atoms with Gasteiger partial charge in [-0.05, 0) is 49.2 Å². The van der Waals surface area contributed by atoms with Crippen LogP contribution in [0, 0.1) is 19.7 Å². The molecule has 29 heavy (non-hydrogen) atoms. The van der Waals surface area contributed by atoms with Crippen molar-refractivity contribution < 1.29 is 21.7 Å². The summed E-state index contributed by atoms with van der Waals surface area (Å²) in [6.45, 7) is 3.72. The lowest BCUT2D eigenvalue weighted by Crippen LogP contribution is -2.23. The first-order valence-electron chi connectivity index (χ1n) is 9.35. The Bertz CT molecular complexity index is 1150. The van der Waals surface area contributed by atoms with Gasteiger partial charge < -0.3 is 4.74 Å². The van der Waals surface area contributed by atoms with E-state index in [1.807, 2.05) is 26.0 Å². The quantitative estimate of drug-likeness (QED) is 0.564. The zero-order valence-corrected chi connectivity index (χ0v) is 17.0. The Labute approximate surface area is 170 Å². The number of halogens is 1. The minimum Gasteiger partial charge on any atom is -0.487 e. The molecule has 1 aliphatic heterocycles. The minimum atomic E-state index is -3.87. The number of hydrogen-bond acceptors (Lipinski definition) is 4. The van der Waals surface area contributed by atoms with Gasteiger partial charge in [-0.15, -0.1) is 0 Å². The maximum Gasteiger partial charge on any atom is 0.297 e. The standard InChI is InChI=1S/C23H21FO4S/c1-15-7-9-19(10-8-15)29(25,26)27-14-18-13-17-11-16(2)12-21(23(17)28-18)20-5-3-4-6-22(20)24/h3-12,18H,13-14H2,1-2H3. The maximum atomic E-state index is 14.3. The molecule has 150 valence electrons. The average molecular weight is 412 g/mol. The first-order chi connectivity index (χ1) is 13.8. The number of benzene rings is 3. The molecule has 0 saturated carbocycles. The van der Waals surface area contributed by atoms with Gasteiger partial charge in [-0.1, -0.05) is 42.0 Å². The molecule has 4 rings (SSSR count). The summed E-state index contributed by atoms with van der Waals surface area (Å²) in [6, 6.07) is 16.9. The van der Waals surface area contributed by atoms with Crippen molar-refractivity contribution in [2.24, 2.45) is 0 Å². The number of hydrogen-bond donors (Lipinski definition) is 0. The molecule has 3 aromatic rings. The summed E-state index contributed by atoms with van der Waals surface area (Å²) in [5.74, 6) is 0.257. The predicted octanol–water partition coefficient (Wildman–Crippen LogP) is 4.82. The largest absolute Gasteiger partial charge is 0.487 e. The zero-order chi connectivity index (χ0) is 20.6. The van der Waals surface area contributed by atoms with Gasteiger partial charge in [-0.3, -0.25) is 4.18 Å². The molecule has 4 nitrogen and oxygen atoms in total. The zero-order valence-electron chi connectivity index (χ0n) is 16.2. The second-order valence-electron chi connectivity index (χ2n) is 7.28. The topological polar surface area (TPSA) is 52.6 Å². The lowest BCUT2D eigenvalue weighted by Gasteiger charge is -2.14. The Hall–Kier alpha value is -2.70. The van der Waals surface area contributed by atoms with Crippen LogP contribution in [-0.2, 0) is 20.7 Å². The minimum absolute atomic E-state index is 0.110. The van der Waals surface area contributed by atoms with Crippen molar-refractivity contribution in [1.82, 2.24) is 0 Å². The second-order valence-corrected chi connectivity index (χ2v) is 8.89. The van der Waals surface area contributed by atoms with Crippen LogP contribution in [0.3, 0.4) is 0 Å². The molecule has 0 aromatic heterocycles. The number of ether oxygens (including phenoxy) is 1. The SMILES string of the molecule is Cc1ccc(S(=O)(=O)OCC2Cc3cc(C)cc(-c4ccccc4F)c3O2)cc1. The van der Waals surface area contributed by atoms with E-state index in [2.05, 4.69) is 0 Å². The van der Waals surface area contributed by atoms with Crippen molar-refractivity contribution in [3.8, 4) is 16.9 Å². The van der Waals surface area contributed by atoms with Gasteiger partial charge in [0.05, 0.1) is 4.90 Å². The first kappa shape index (κ1) is 19.6. The van der Waals surface area contributed by atoms with Gasteiger partial charge in [0.25, 0.3) is 10.1 Å². The molecular weight excluding hydrogens is 391 g/mol. The number of aryl methyl sites for hydroxylation is 2. The summed E-state index contributed by atoms with van der Waals surface area (Å²) in [5.41, 5.74) is 4.00. The molecule has 1 atom stereocenters. The first-order valence-corrected chi connectivity index (χ1v) is 10.8. The highest BCUT2D eigenvalue weighted by Gasteiger charge is 2.29. The van der Waals surface area contributed by atoms with Crippen molar-refractivity contribution >= 4 is 10.1 Å². The van der Waals surface area contributed by atoms with Crippen LogP contribution in [0.25, 0.3) is 11.1 Å². The Morgan fingerprint density at radius 1 is 1.00 bits per heavy atom. The molecule has 6 heteroatoms. The number of fused-ring (bicyclic) bond motifs is 1. The summed E-state index contributed by atoms with van der Waals surface area (Å²) < 4.78 is 50.4. The molecule has 0 N–H and O–H groups in total. The molecule has 0 amide bonds. The van der Waals surface area contributed by atoms with Gasteiger partial charge in [0, 0.05) is 17.5 Å². The lowest BCUT2D eigenvalue weighted by atomic mass is 9.97. The van der Waals surface area contributed by atoms with Crippen molar-refractivity contribution in [1.29, 1.82) is 0 Å². The second kappa shape index (κ2) is 7.61. The van der Waals surface area contributed by atoms with E-state index in [4.69, 9.17) is 8.92 Å². The van der Waals surface area contributed by atoms with E-state index in [0.717, 1.165) is 16.7 Å². The van der Waals surface area contributed by atoms with Gasteiger partial charge in [-0.2, -0.15) is 8.42 Å². The fraction of sp³-hybridized carbons (Fsp3) is 0.217. The Balaban J connectivity index is 1.54. The van der Waals surface area contributed by atoms with Gasteiger partial charge in [0.2, 0.25) is 0 Å². The predicted molar refractivity (Wildman–Crippen MR) is 109 cm³/mol. The fourth-order valence-electron chi connectivity index (χ4n) is 3.50. The third kappa shape index (κ3) is 4.04. The lowest BCUT2D eigenvalue weighted by molar-refractivity contribution is 0.152. The van der Waals surface area contributed by atoms with Gasteiger partial charge in [-0.25, -0.2) is 4.39 Å². The van der Waals surface area contributed by atoms with E-state index in [9.17, 15) is 12.8 Å². The van der Waals surface area contributed by atoms with E-state index >= 15 is 0 Å². The summed E-state index contributed by atoms with van der Waals surface area (Å²) in [7, 11) is -3.87. The van der Waals surface area contributed by atoms with Crippen molar-refractivity contribution in [3.63, 3.8) is 0 Å². The van der Waals surface area contributed by atoms with Crippen molar-refractivity contribution in [2.75, 3.05) is 6.61 Å². The smallest absolute Gasteiger partial charge is 0.297 e. The third-order valence-corrected chi connectivity index (χ3v) is 6.22. The average Bonchev–Trinajstić information content (AvgIpc) is 3.09. The van der Waals surface area contributed by atoms with Gasteiger partial charge in [0.15, 0.2) is 0 Å².